The average Bonchev–Trinajstić information content (AvgIpc) is 3.39. The number of nitrogens with one attached hydrogen (secondary N) is 2. The van der Waals surface area contributed by atoms with Crippen molar-refractivity contribution >= 4 is 5.91 Å². The molecule has 1 amide bonds. The Kier molecular flexibility index (Phi) is 5.76. The summed E-state index contributed by atoms with van der Waals surface area (Å²) in [4.78, 5) is 13.1. The number of hydrogen-bond donors (Lipinski definition) is 2. The number of hydrogen-bond acceptors (Lipinski definition) is 3. The van der Waals surface area contributed by atoms with Crippen molar-refractivity contribution in [1.82, 2.24) is 20.4 Å². The molecule has 1 aliphatic heterocycles. The van der Waals surface area contributed by atoms with Crippen molar-refractivity contribution in [2.75, 3.05) is 19.6 Å². The number of aryl methyl sites for hydroxylation is 2. The predicted octanol–water partition coefficient (Wildman–Crippen LogP) is 3.89. The zero-order valence-electron chi connectivity index (χ0n) is 17.1. The van der Waals surface area contributed by atoms with Crippen LogP contribution in [0.1, 0.15) is 34.3 Å². The minimum Gasteiger partial charge on any atom is -0.352 e. The minimum atomic E-state index is -0.0619. The van der Waals surface area contributed by atoms with Gasteiger partial charge in [0.05, 0.1) is 11.3 Å². The zero-order chi connectivity index (χ0) is 20.2. The summed E-state index contributed by atoms with van der Waals surface area (Å²) in [6.45, 7) is 6.96. The van der Waals surface area contributed by atoms with Gasteiger partial charge in [0.2, 0.25) is 0 Å². The first kappa shape index (κ1) is 19.4. The first-order chi connectivity index (χ1) is 14.1. The number of carbonyl (C=O) groups excluding carboxylic acids is 1. The summed E-state index contributed by atoms with van der Waals surface area (Å²) in [5, 5.41) is 11.3. The van der Waals surface area contributed by atoms with Gasteiger partial charge in [-0.1, -0.05) is 42.0 Å². The summed E-state index contributed by atoms with van der Waals surface area (Å²) >= 11 is 0. The van der Waals surface area contributed by atoms with Crippen molar-refractivity contribution in [3.63, 3.8) is 0 Å². The number of benzene rings is 2. The maximum absolute atomic E-state index is 13.1. The van der Waals surface area contributed by atoms with Gasteiger partial charge in [0, 0.05) is 18.3 Å². The zero-order valence-corrected chi connectivity index (χ0v) is 17.1. The SMILES string of the molecule is Cc1ccc(-c2nn(-c3ccccc3)cc2C(=O)NCCC2CCNC2)c(C)c1. The molecule has 5 heteroatoms. The van der Waals surface area contributed by atoms with Crippen LogP contribution >= 0.6 is 0 Å². The van der Waals surface area contributed by atoms with Gasteiger partial charge in [0.25, 0.3) is 5.91 Å². The summed E-state index contributed by atoms with van der Waals surface area (Å²) in [6, 6.07) is 16.2. The second kappa shape index (κ2) is 8.62. The maximum atomic E-state index is 13.1. The average molecular weight is 389 g/mol. The van der Waals surface area contributed by atoms with Crippen LogP contribution in [-0.4, -0.2) is 35.3 Å². The molecule has 1 fully saturated rings. The van der Waals surface area contributed by atoms with Crippen LogP contribution in [0.25, 0.3) is 16.9 Å². The Bertz CT molecular complexity index is 987. The molecule has 4 rings (SSSR count). The Morgan fingerprint density at radius 1 is 1.21 bits per heavy atom. The lowest BCUT2D eigenvalue weighted by molar-refractivity contribution is 0.0952. The fraction of sp³-hybridized carbons (Fsp3) is 0.333. The van der Waals surface area contributed by atoms with Gasteiger partial charge < -0.3 is 10.6 Å². The molecule has 3 aromatic rings. The highest BCUT2D eigenvalue weighted by Crippen LogP contribution is 2.27. The Balaban J connectivity index is 1.63. The van der Waals surface area contributed by atoms with E-state index in [2.05, 4.69) is 42.7 Å². The highest BCUT2D eigenvalue weighted by molar-refractivity contribution is 6.00. The molecule has 0 spiro atoms. The number of para-hydroxylation sites is 1. The first-order valence-corrected chi connectivity index (χ1v) is 10.3. The molecule has 1 atom stereocenters. The van der Waals surface area contributed by atoms with E-state index in [1.807, 2.05) is 36.5 Å². The van der Waals surface area contributed by atoms with Gasteiger partial charge >= 0.3 is 0 Å². The van der Waals surface area contributed by atoms with E-state index in [9.17, 15) is 4.79 Å². The Hall–Kier alpha value is -2.92. The Morgan fingerprint density at radius 3 is 2.76 bits per heavy atom. The molecule has 0 saturated carbocycles. The first-order valence-electron chi connectivity index (χ1n) is 10.3. The highest BCUT2D eigenvalue weighted by atomic mass is 16.1. The van der Waals surface area contributed by atoms with Gasteiger partial charge in [-0.25, -0.2) is 4.68 Å². The van der Waals surface area contributed by atoms with Gasteiger partial charge in [-0.3, -0.25) is 4.79 Å². The lowest BCUT2D eigenvalue weighted by atomic mass is 10.0. The topological polar surface area (TPSA) is 59.0 Å². The van der Waals surface area contributed by atoms with E-state index in [1.54, 1.807) is 4.68 Å². The van der Waals surface area contributed by atoms with Crippen molar-refractivity contribution in [2.45, 2.75) is 26.7 Å². The minimum absolute atomic E-state index is 0.0619. The second-order valence-electron chi connectivity index (χ2n) is 7.89. The fourth-order valence-corrected chi connectivity index (χ4v) is 3.98. The van der Waals surface area contributed by atoms with Crippen LogP contribution in [-0.2, 0) is 0 Å². The van der Waals surface area contributed by atoms with Crippen LogP contribution < -0.4 is 10.6 Å². The van der Waals surface area contributed by atoms with Crippen LogP contribution in [0, 0.1) is 19.8 Å². The van der Waals surface area contributed by atoms with Crippen LogP contribution in [0.5, 0.6) is 0 Å². The van der Waals surface area contributed by atoms with E-state index in [4.69, 9.17) is 5.10 Å². The third-order valence-electron chi connectivity index (χ3n) is 5.62. The third kappa shape index (κ3) is 4.40. The number of rotatable bonds is 6. The van der Waals surface area contributed by atoms with Gasteiger partial charge in [-0.15, -0.1) is 0 Å². The predicted molar refractivity (Wildman–Crippen MR) is 116 cm³/mol. The monoisotopic (exact) mass is 388 g/mol. The normalized spacial score (nSPS) is 16.1. The number of nitrogens with zero attached hydrogens (tertiary/aromatic N) is 2. The van der Waals surface area contributed by atoms with E-state index in [0.29, 0.717) is 18.0 Å². The molecule has 29 heavy (non-hydrogen) atoms. The van der Waals surface area contributed by atoms with E-state index in [0.717, 1.165) is 42.0 Å². The van der Waals surface area contributed by atoms with Crippen molar-refractivity contribution in [3.05, 3.63) is 71.4 Å². The molecule has 150 valence electrons. The van der Waals surface area contributed by atoms with Gasteiger partial charge in [-0.2, -0.15) is 5.10 Å². The largest absolute Gasteiger partial charge is 0.352 e. The molecule has 1 unspecified atom stereocenters. The number of aromatic nitrogens is 2. The molecule has 0 radical (unpaired) electrons. The molecule has 2 N–H and O–H groups in total. The summed E-state index contributed by atoms with van der Waals surface area (Å²) < 4.78 is 1.80. The molecule has 5 nitrogen and oxygen atoms in total. The molecule has 2 aromatic carbocycles. The molecule has 1 aromatic heterocycles. The van der Waals surface area contributed by atoms with Crippen LogP contribution in [0.15, 0.2) is 54.7 Å². The molecule has 1 saturated heterocycles. The molecular weight excluding hydrogens is 360 g/mol. The highest BCUT2D eigenvalue weighted by Gasteiger charge is 2.20. The summed E-state index contributed by atoms with van der Waals surface area (Å²) in [5.74, 6) is 0.592. The van der Waals surface area contributed by atoms with E-state index < -0.39 is 0 Å². The van der Waals surface area contributed by atoms with Crippen LogP contribution in [0.4, 0.5) is 0 Å². The van der Waals surface area contributed by atoms with E-state index in [-0.39, 0.29) is 5.91 Å². The van der Waals surface area contributed by atoms with Crippen molar-refractivity contribution in [3.8, 4) is 16.9 Å². The van der Waals surface area contributed by atoms with Gasteiger partial charge in [0.1, 0.15) is 5.69 Å². The Morgan fingerprint density at radius 2 is 2.03 bits per heavy atom. The fourth-order valence-electron chi connectivity index (χ4n) is 3.98. The second-order valence-corrected chi connectivity index (χ2v) is 7.89. The quantitative estimate of drug-likeness (QED) is 0.674. The number of carbonyl (C=O) groups is 1. The third-order valence-corrected chi connectivity index (χ3v) is 5.62. The smallest absolute Gasteiger partial charge is 0.255 e. The molecule has 2 heterocycles. The molecule has 0 bridgehead atoms. The van der Waals surface area contributed by atoms with Crippen LogP contribution in [0.2, 0.25) is 0 Å². The van der Waals surface area contributed by atoms with Crippen molar-refractivity contribution in [1.29, 1.82) is 0 Å². The van der Waals surface area contributed by atoms with Gasteiger partial charge in [0.15, 0.2) is 0 Å². The number of amides is 1. The summed E-state index contributed by atoms with van der Waals surface area (Å²) in [6.07, 6.45) is 4.04. The lowest BCUT2D eigenvalue weighted by Gasteiger charge is -2.10. The van der Waals surface area contributed by atoms with Crippen LogP contribution in [0.3, 0.4) is 0 Å². The molecule has 0 aliphatic carbocycles. The summed E-state index contributed by atoms with van der Waals surface area (Å²) in [7, 11) is 0. The Labute approximate surface area is 172 Å². The molecule has 1 aliphatic rings. The van der Waals surface area contributed by atoms with E-state index >= 15 is 0 Å². The standard InChI is InChI=1S/C24H28N4O/c1-17-8-9-21(18(2)14-17)23-22(16-28(27-23)20-6-4-3-5-7-20)24(29)26-13-11-19-10-12-25-15-19/h3-9,14,16,19,25H,10-13,15H2,1-2H3,(H,26,29). The van der Waals surface area contributed by atoms with Crippen molar-refractivity contribution < 1.29 is 4.79 Å². The molecular formula is C24H28N4O. The van der Waals surface area contributed by atoms with Crippen molar-refractivity contribution in [2.24, 2.45) is 5.92 Å². The van der Waals surface area contributed by atoms with Gasteiger partial charge in [-0.05, 0) is 63.4 Å². The van der Waals surface area contributed by atoms with E-state index in [1.165, 1.54) is 12.0 Å². The lowest BCUT2D eigenvalue weighted by Crippen LogP contribution is -2.26. The summed E-state index contributed by atoms with van der Waals surface area (Å²) in [5.41, 5.74) is 5.60. The maximum Gasteiger partial charge on any atom is 0.255 e.